The SMILES string of the molecule is CC1(C)CC(COc2ccc3cc(/C=C/c4ccc(N)cc4)oc3c2)CCO1. The highest BCUT2D eigenvalue weighted by Gasteiger charge is 2.29. The molecule has 4 nitrogen and oxygen atoms in total. The monoisotopic (exact) mass is 377 g/mol. The molecule has 0 radical (unpaired) electrons. The molecule has 1 aromatic heterocycles. The summed E-state index contributed by atoms with van der Waals surface area (Å²) in [6.07, 6.45) is 6.06. The maximum atomic E-state index is 6.05. The molecule has 2 N–H and O–H groups in total. The highest BCUT2D eigenvalue weighted by atomic mass is 16.5. The Morgan fingerprint density at radius 3 is 2.71 bits per heavy atom. The molecule has 0 saturated carbocycles. The van der Waals surface area contributed by atoms with E-state index in [4.69, 9.17) is 19.6 Å². The summed E-state index contributed by atoms with van der Waals surface area (Å²) in [6.45, 7) is 5.81. The molecule has 2 aromatic carbocycles. The molecule has 4 rings (SSSR count). The highest BCUT2D eigenvalue weighted by Crippen LogP contribution is 2.30. The lowest BCUT2D eigenvalue weighted by atomic mass is 9.89. The van der Waals surface area contributed by atoms with Crippen molar-refractivity contribution in [3.8, 4) is 5.75 Å². The van der Waals surface area contributed by atoms with Crippen molar-refractivity contribution in [2.45, 2.75) is 32.3 Å². The zero-order valence-corrected chi connectivity index (χ0v) is 16.5. The first-order valence-corrected chi connectivity index (χ1v) is 9.81. The molecule has 2 heterocycles. The van der Waals surface area contributed by atoms with Crippen LogP contribution in [0, 0.1) is 5.92 Å². The third-order valence-electron chi connectivity index (χ3n) is 5.17. The van der Waals surface area contributed by atoms with Gasteiger partial charge < -0.3 is 19.6 Å². The maximum absolute atomic E-state index is 6.05. The van der Waals surface area contributed by atoms with Crippen LogP contribution in [0.25, 0.3) is 23.1 Å². The third-order valence-corrected chi connectivity index (χ3v) is 5.17. The Balaban J connectivity index is 1.42. The lowest BCUT2D eigenvalue weighted by Crippen LogP contribution is -2.36. The fourth-order valence-corrected chi connectivity index (χ4v) is 3.70. The number of rotatable bonds is 5. The fraction of sp³-hybridized carbons (Fsp3) is 0.333. The number of hydrogen-bond acceptors (Lipinski definition) is 4. The quantitative estimate of drug-likeness (QED) is 0.574. The van der Waals surface area contributed by atoms with Crippen LogP contribution in [0.4, 0.5) is 5.69 Å². The minimum atomic E-state index is -0.0526. The van der Waals surface area contributed by atoms with E-state index in [0.29, 0.717) is 12.5 Å². The number of ether oxygens (including phenoxy) is 2. The lowest BCUT2D eigenvalue weighted by molar-refractivity contribution is -0.0785. The van der Waals surface area contributed by atoms with Gasteiger partial charge in [-0.15, -0.1) is 0 Å². The van der Waals surface area contributed by atoms with Crippen molar-refractivity contribution in [2.24, 2.45) is 5.92 Å². The normalized spacial score (nSPS) is 19.3. The van der Waals surface area contributed by atoms with Crippen LogP contribution in [0.1, 0.15) is 38.0 Å². The van der Waals surface area contributed by atoms with Gasteiger partial charge in [-0.25, -0.2) is 0 Å². The van der Waals surface area contributed by atoms with Gasteiger partial charge in [0.1, 0.15) is 17.1 Å². The second-order valence-corrected chi connectivity index (χ2v) is 8.13. The van der Waals surface area contributed by atoms with Gasteiger partial charge in [0.25, 0.3) is 0 Å². The van der Waals surface area contributed by atoms with Crippen molar-refractivity contribution in [2.75, 3.05) is 18.9 Å². The van der Waals surface area contributed by atoms with Crippen LogP contribution in [0.15, 0.2) is 52.9 Å². The van der Waals surface area contributed by atoms with E-state index in [0.717, 1.165) is 53.2 Å². The molecule has 146 valence electrons. The van der Waals surface area contributed by atoms with Crippen LogP contribution in [0.2, 0.25) is 0 Å². The van der Waals surface area contributed by atoms with Crippen molar-refractivity contribution in [3.63, 3.8) is 0 Å². The average Bonchev–Trinajstić information content (AvgIpc) is 3.07. The molecule has 4 heteroatoms. The zero-order chi connectivity index (χ0) is 19.6. The zero-order valence-electron chi connectivity index (χ0n) is 16.5. The van der Waals surface area contributed by atoms with Crippen LogP contribution in [0.3, 0.4) is 0 Å². The standard InChI is InChI=1S/C24H27NO3/c1-24(2)15-18(11-12-27-24)16-26-21-10-6-19-13-22(28-23(19)14-21)9-5-17-3-7-20(25)8-4-17/h3-10,13-14,18H,11-12,15-16,25H2,1-2H3/b9-5+. The number of benzene rings is 2. The molecule has 0 amide bonds. The highest BCUT2D eigenvalue weighted by molar-refractivity contribution is 5.83. The van der Waals surface area contributed by atoms with E-state index < -0.39 is 0 Å². The summed E-state index contributed by atoms with van der Waals surface area (Å²) >= 11 is 0. The molecule has 1 fully saturated rings. The van der Waals surface area contributed by atoms with Gasteiger partial charge in [-0.3, -0.25) is 0 Å². The summed E-state index contributed by atoms with van der Waals surface area (Å²) < 4.78 is 17.8. The number of hydrogen-bond donors (Lipinski definition) is 1. The molecule has 28 heavy (non-hydrogen) atoms. The summed E-state index contributed by atoms with van der Waals surface area (Å²) in [7, 11) is 0. The summed E-state index contributed by atoms with van der Waals surface area (Å²) in [5.74, 6) is 2.19. The molecule has 0 bridgehead atoms. The lowest BCUT2D eigenvalue weighted by Gasteiger charge is -2.35. The van der Waals surface area contributed by atoms with Crippen molar-refractivity contribution in [1.29, 1.82) is 0 Å². The Labute approximate surface area is 165 Å². The largest absolute Gasteiger partial charge is 0.493 e. The fourth-order valence-electron chi connectivity index (χ4n) is 3.70. The molecule has 0 aliphatic carbocycles. The first-order valence-electron chi connectivity index (χ1n) is 9.81. The maximum Gasteiger partial charge on any atom is 0.138 e. The predicted octanol–water partition coefficient (Wildman–Crippen LogP) is 5.77. The number of furan rings is 1. The van der Waals surface area contributed by atoms with Gasteiger partial charge in [-0.05, 0) is 74.6 Å². The number of fused-ring (bicyclic) bond motifs is 1. The van der Waals surface area contributed by atoms with Crippen LogP contribution in [0.5, 0.6) is 5.75 Å². The first kappa shape index (κ1) is 18.6. The van der Waals surface area contributed by atoms with Crippen LogP contribution >= 0.6 is 0 Å². The summed E-state index contributed by atoms with van der Waals surface area (Å²) in [6, 6.07) is 15.8. The molecule has 1 aliphatic heterocycles. The van der Waals surface area contributed by atoms with E-state index in [1.165, 1.54) is 0 Å². The van der Waals surface area contributed by atoms with Crippen LogP contribution < -0.4 is 10.5 Å². The van der Waals surface area contributed by atoms with Crippen LogP contribution in [-0.4, -0.2) is 18.8 Å². The van der Waals surface area contributed by atoms with Gasteiger partial charge >= 0.3 is 0 Å². The second kappa shape index (κ2) is 7.72. The first-order chi connectivity index (χ1) is 13.5. The Morgan fingerprint density at radius 1 is 1.11 bits per heavy atom. The van der Waals surface area contributed by atoms with Gasteiger partial charge in [0, 0.05) is 23.7 Å². The molecule has 1 atom stereocenters. The average molecular weight is 377 g/mol. The van der Waals surface area contributed by atoms with Crippen molar-refractivity contribution in [1.82, 2.24) is 0 Å². The Kier molecular flexibility index (Phi) is 5.14. The van der Waals surface area contributed by atoms with E-state index >= 15 is 0 Å². The molecule has 0 spiro atoms. The van der Waals surface area contributed by atoms with Gasteiger partial charge in [0.05, 0.1) is 12.2 Å². The minimum Gasteiger partial charge on any atom is -0.493 e. The van der Waals surface area contributed by atoms with E-state index in [1.807, 2.05) is 60.7 Å². The van der Waals surface area contributed by atoms with Crippen LogP contribution in [-0.2, 0) is 4.74 Å². The smallest absolute Gasteiger partial charge is 0.138 e. The number of anilines is 1. The molecule has 1 saturated heterocycles. The van der Waals surface area contributed by atoms with E-state index in [9.17, 15) is 0 Å². The molecular formula is C24H27NO3. The Hall–Kier alpha value is -2.72. The Morgan fingerprint density at radius 2 is 1.93 bits per heavy atom. The number of nitrogen functional groups attached to an aromatic ring is 1. The minimum absolute atomic E-state index is 0.0526. The summed E-state index contributed by atoms with van der Waals surface area (Å²) in [5, 5.41) is 1.07. The molecule has 1 unspecified atom stereocenters. The number of nitrogens with two attached hydrogens (primary N) is 1. The van der Waals surface area contributed by atoms with Crippen molar-refractivity contribution in [3.05, 3.63) is 59.9 Å². The molecular weight excluding hydrogens is 350 g/mol. The van der Waals surface area contributed by atoms with Crippen molar-refractivity contribution < 1.29 is 13.9 Å². The van der Waals surface area contributed by atoms with Gasteiger partial charge in [0.2, 0.25) is 0 Å². The van der Waals surface area contributed by atoms with E-state index in [1.54, 1.807) is 0 Å². The van der Waals surface area contributed by atoms with Crippen molar-refractivity contribution >= 4 is 28.8 Å². The second-order valence-electron chi connectivity index (χ2n) is 8.13. The van der Waals surface area contributed by atoms with E-state index in [-0.39, 0.29) is 5.60 Å². The third kappa shape index (κ3) is 4.57. The summed E-state index contributed by atoms with van der Waals surface area (Å²) in [4.78, 5) is 0. The van der Waals surface area contributed by atoms with Gasteiger partial charge in [-0.2, -0.15) is 0 Å². The molecule has 3 aromatic rings. The van der Waals surface area contributed by atoms with Gasteiger partial charge in [-0.1, -0.05) is 18.2 Å². The topological polar surface area (TPSA) is 57.6 Å². The van der Waals surface area contributed by atoms with E-state index in [2.05, 4.69) is 13.8 Å². The summed E-state index contributed by atoms with van der Waals surface area (Å²) in [5.41, 5.74) is 8.35. The van der Waals surface area contributed by atoms with Gasteiger partial charge in [0.15, 0.2) is 0 Å². The predicted molar refractivity (Wildman–Crippen MR) is 114 cm³/mol. The molecule has 1 aliphatic rings. The Bertz CT molecular complexity index is 969.